The van der Waals surface area contributed by atoms with Crippen molar-refractivity contribution in [2.75, 3.05) is 5.32 Å². The highest BCUT2D eigenvalue weighted by molar-refractivity contribution is 7.14. The first-order valence-corrected chi connectivity index (χ1v) is 8.43. The number of nitrogens with one attached hydrogen (secondary N) is 1. The van der Waals surface area contributed by atoms with Gasteiger partial charge in [0.05, 0.1) is 5.69 Å². The van der Waals surface area contributed by atoms with E-state index < -0.39 is 0 Å². The van der Waals surface area contributed by atoms with Crippen LogP contribution in [0, 0.1) is 5.82 Å². The number of carbonyl (C=O) groups is 1. The van der Waals surface area contributed by atoms with Gasteiger partial charge < -0.3 is 4.57 Å². The molecule has 25 heavy (non-hydrogen) atoms. The van der Waals surface area contributed by atoms with Gasteiger partial charge in [-0.05, 0) is 36.4 Å². The maximum atomic E-state index is 13.4. The van der Waals surface area contributed by atoms with Crippen molar-refractivity contribution in [2.45, 2.75) is 0 Å². The minimum atomic E-state index is -0.329. The molecule has 0 unspecified atom stereocenters. The Morgan fingerprint density at radius 2 is 2.08 bits per heavy atom. The van der Waals surface area contributed by atoms with Crippen molar-refractivity contribution in [3.8, 4) is 11.4 Å². The Morgan fingerprint density at radius 1 is 1.20 bits per heavy atom. The molecular formula is C18H13FN4OS. The maximum Gasteiger partial charge on any atom is 0.274 e. The van der Waals surface area contributed by atoms with Crippen LogP contribution in [0.5, 0.6) is 0 Å². The van der Waals surface area contributed by atoms with E-state index in [1.165, 1.54) is 23.5 Å². The molecule has 0 atom stereocenters. The van der Waals surface area contributed by atoms with Gasteiger partial charge >= 0.3 is 0 Å². The lowest BCUT2D eigenvalue weighted by Crippen LogP contribution is -2.15. The minimum absolute atomic E-state index is 0.291. The third-order valence-electron chi connectivity index (χ3n) is 3.89. The number of hydrogen-bond donors (Lipinski definition) is 1. The number of carbonyl (C=O) groups excluding carboxylic acids is 1. The van der Waals surface area contributed by atoms with Crippen LogP contribution < -0.4 is 5.32 Å². The molecule has 0 saturated heterocycles. The molecule has 3 aromatic heterocycles. The number of fused-ring (bicyclic) bond motifs is 1. The Kier molecular flexibility index (Phi) is 3.77. The molecule has 1 aromatic carbocycles. The van der Waals surface area contributed by atoms with Crippen LogP contribution in [0.15, 0.2) is 54.0 Å². The molecule has 124 valence electrons. The molecule has 0 aliphatic heterocycles. The summed E-state index contributed by atoms with van der Waals surface area (Å²) in [5.41, 5.74) is 2.69. The number of pyridine rings is 1. The van der Waals surface area contributed by atoms with Crippen LogP contribution in [0.3, 0.4) is 0 Å². The highest BCUT2D eigenvalue weighted by Crippen LogP contribution is 2.25. The lowest BCUT2D eigenvalue weighted by molar-refractivity contribution is 0.101. The third kappa shape index (κ3) is 2.89. The topological polar surface area (TPSA) is 59.8 Å². The first kappa shape index (κ1) is 15.5. The van der Waals surface area contributed by atoms with Crippen molar-refractivity contribution < 1.29 is 9.18 Å². The van der Waals surface area contributed by atoms with Gasteiger partial charge in [-0.3, -0.25) is 15.1 Å². The van der Waals surface area contributed by atoms with E-state index in [0.29, 0.717) is 21.9 Å². The third-order valence-corrected chi connectivity index (χ3v) is 4.65. The van der Waals surface area contributed by atoms with Gasteiger partial charge in [0.25, 0.3) is 5.91 Å². The van der Waals surface area contributed by atoms with Gasteiger partial charge in [0.15, 0.2) is 5.13 Å². The lowest BCUT2D eigenvalue weighted by atomic mass is 10.2. The van der Waals surface area contributed by atoms with Crippen LogP contribution in [0.1, 0.15) is 10.5 Å². The van der Waals surface area contributed by atoms with E-state index in [-0.39, 0.29) is 11.7 Å². The normalized spacial score (nSPS) is 11.0. The second kappa shape index (κ2) is 6.10. The van der Waals surface area contributed by atoms with Crippen molar-refractivity contribution in [1.82, 2.24) is 14.5 Å². The van der Waals surface area contributed by atoms with Crippen LogP contribution in [-0.4, -0.2) is 20.4 Å². The summed E-state index contributed by atoms with van der Waals surface area (Å²) in [6.07, 6.45) is 1.70. The summed E-state index contributed by atoms with van der Waals surface area (Å²) in [4.78, 5) is 21.2. The number of benzene rings is 1. The molecule has 0 radical (unpaired) electrons. The number of halogens is 1. The van der Waals surface area contributed by atoms with Gasteiger partial charge in [0, 0.05) is 29.5 Å². The van der Waals surface area contributed by atoms with Gasteiger partial charge in [-0.25, -0.2) is 9.37 Å². The predicted molar refractivity (Wildman–Crippen MR) is 96.2 cm³/mol. The maximum absolute atomic E-state index is 13.4. The molecule has 0 fully saturated rings. The molecule has 0 bridgehead atoms. The highest BCUT2D eigenvalue weighted by Gasteiger charge is 2.16. The fourth-order valence-electron chi connectivity index (χ4n) is 2.66. The first-order valence-electron chi connectivity index (χ1n) is 7.55. The fourth-order valence-corrected chi connectivity index (χ4v) is 3.36. The minimum Gasteiger partial charge on any atom is -0.340 e. The molecular weight excluding hydrogens is 339 g/mol. The molecule has 1 N–H and O–H groups in total. The van der Waals surface area contributed by atoms with Gasteiger partial charge in [0.1, 0.15) is 17.2 Å². The van der Waals surface area contributed by atoms with Crippen LogP contribution in [0.4, 0.5) is 9.52 Å². The van der Waals surface area contributed by atoms with Crippen molar-refractivity contribution in [2.24, 2.45) is 7.05 Å². The molecule has 1 amide bonds. The zero-order valence-electron chi connectivity index (χ0n) is 13.2. The summed E-state index contributed by atoms with van der Waals surface area (Å²) < 4.78 is 15.1. The Labute approximate surface area is 146 Å². The fraction of sp³-hybridized carbons (Fsp3) is 0.0556. The lowest BCUT2D eigenvalue weighted by Gasteiger charge is -2.04. The van der Waals surface area contributed by atoms with Crippen molar-refractivity contribution in [1.29, 1.82) is 0 Å². The van der Waals surface area contributed by atoms with Crippen LogP contribution in [0.25, 0.3) is 22.3 Å². The number of hydrogen-bond acceptors (Lipinski definition) is 4. The molecule has 0 aliphatic rings. The Morgan fingerprint density at radius 3 is 2.88 bits per heavy atom. The smallest absolute Gasteiger partial charge is 0.274 e. The average molecular weight is 352 g/mol. The van der Waals surface area contributed by atoms with Crippen LogP contribution in [-0.2, 0) is 7.05 Å². The summed E-state index contributed by atoms with van der Waals surface area (Å²) in [7, 11) is 1.77. The Hall–Kier alpha value is -3.06. The summed E-state index contributed by atoms with van der Waals surface area (Å²) in [5, 5.41) is 5.80. The summed E-state index contributed by atoms with van der Waals surface area (Å²) in [6, 6.07) is 11.7. The van der Waals surface area contributed by atoms with Crippen molar-refractivity contribution in [3.05, 3.63) is 65.6 Å². The van der Waals surface area contributed by atoms with Gasteiger partial charge in [0.2, 0.25) is 0 Å². The van der Waals surface area contributed by atoms with Crippen LogP contribution in [0.2, 0.25) is 0 Å². The van der Waals surface area contributed by atoms with E-state index in [1.54, 1.807) is 29.9 Å². The molecule has 5 nitrogen and oxygen atoms in total. The van der Waals surface area contributed by atoms with Gasteiger partial charge in [-0.15, -0.1) is 11.3 Å². The van der Waals surface area contributed by atoms with E-state index in [1.807, 2.05) is 23.6 Å². The largest absolute Gasteiger partial charge is 0.340 e. The summed E-state index contributed by atoms with van der Waals surface area (Å²) >= 11 is 1.33. The molecule has 0 saturated carbocycles. The molecule has 3 heterocycles. The molecule has 7 heteroatoms. The average Bonchev–Trinajstić information content (AvgIpc) is 3.20. The van der Waals surface area contributed by atoms with Gasteiger partial charge in [-0.2, -0.15) is 0 Å². The number of thiazole rings is 1. The Balaban J connectivity index is 1.60. The molecule has 0 aliphatic carbocycles. The number of rotatable bonds is 3. The molecule has 4 rings (SSSR count). The van der Waals surface area contributed by atoms with Crippen molar-refractivity contribution >= 4 is 33.3 Å². The molecule has 0 spiro atoms. The van der Waals surface area contributed by atoms with E-state index >= 15 is 0 Å². The second-order valence-corrected chi connectivity index (χ2v) is 6.36. The van der Waals surface area contributed by atoms with Crippen molar-refractivity contribution in [3.63, 3.8) is 0 Å². The number of aryl methyl sites for hydroxylation is 1. The predicted octanol–water partition coefficient (Wildman–Crippen LogP) is 4.09. The first-order chi connectivity index (χ1) is 12.1. The second-order valence-electron chi connectivity index (χ2n) is 5.50. The van der Waals surface area contributed by atoms with Gasteiger partial charge in [-0.1, -0.05) is 6.07 Å². The van der Waals surface area contributed by atoms with E-state index in [0.717, 1.165) is 11.2 Å². The summed E-state index contributed by atoms with van der Waals surface area (Å²) in [5.74, 6) is -0.619. The zero-order valence-corrected chi connectivity index (χ0v) is 14.0. The number of nitrogens with zero attached hydrogens (tertiary/aromatic N) is 3. The van der Waals surface area contributed by atoms with E-state index in [9.17, 15) is 9.18 Å². The van der Waals surface area contributed by atoms with Crippen LogP contribution >= 0.6 is 11.3 Å². The number of amides is 1. The van der Waals surface area contributed by atoms with E-state index in [4.69, 9.17) is 0 Å². The zero-order chi connectivity index (χ0) is 17.4. The number of anilines is 1. The molecule has 4 aromatic rings. The monoisotopic (exact) mass is 352 g/mol. The summed E-state index contributed by atoms with van der Waals surface area (Å²) in [6.45, 7) is 0. The Bertz CT molecular complexity index is 1070. The quantitative estimate of drug-likeness (QED) is 0.604. The number of aromatic nitrogens is 3. The highest BCUT2D eigenvalue weighted by atomic mass is 32.1. The van der Waals surface area contributed by atoms with E-state index in [2.05, 4.69) is 15.3 Å². The SMILES string of the molecule is Cn1c(C(=O)Nc2nc(-c3ccccn3)cs2)cc2cc(F)ccc21. The standard InChI is InChI=1S/C18H13FN4OS/c1-23-15-6-5-12(19)8-11(15)9-16(23)17(24)22-18-21-14(10-25-18)13-4-2-3-7-20-13/h2-10H,1H3,(H,21,22,24).